The van der Waals surface area contributed by atoms with Gasteiger partial charge in [0.15, 0.2) is 5.75 Å². The highest BCUT2D eigenvalue weighted by molar-refractivity contribution is 6.37. The summed E-state index contributed by atoms with van der Waals surface area (Å²) in [6, 6.07) is 2.77. The van der Waals surface area contributed by atoms with E-state index in [1.165, 1.54) is 13.2 Å². The van der Waals surface area contributed by atoms with Crippen LogP contribution in [-0.2, 0) is 4.79 Å². The molecule has 0 atom stereocenters. The number of halogens is 2. The Bertz CT molecular complexity index is 591. The number of methoxy groups -OCH3 is 1. The van der Waals surface area contributed by atoms with Crippen LogP contribution in [0, 0.1) is 0 Å². The van der Waals surface area contributed by atoms with Crippen molar-refractivity contribution in [1.29, 1.82) is 0 Å². The molecule has 2 rings (SSSR count). The molecule has 0 radical (unpaired) electrons. The lowest BCUT2D eigenvalue weighted by molar-refractivity contribution is -0.122. The predicted molar refractivity (Wildman–Crippen MR) is 76.9 cm³/mol. The molecule has 106 valence electrons. The summed E-state index contributed by atoms with van der Waals surface area (Å²) in [6.07, 6.45) is 1.52. The second kappa shape index (κ2) is 5.73. The van der Waals surface area contributed by atoms with E-state index in [1.54, 1.807) is 19.1 Å². The van der Waals surface area contributed by atoms with Crippen LogP contribution in [0.3, 0.4) is 0 Å². The highest BCUT2D eigenvalue weighted by Crippen LogP contribution is 2.34. The smallest absolute Gasteiger partial charge is 0.328 e. The number of nitrogens with one attached hydrogen (secondary N) is 1. The summed E-state index contributed by atoms with van der Waals surface area (Å²) in [4.78, 5) is 24.6. The summed E-state index contributed by atoms with van der Waals surface area (Å²) >= 11 is 12.0. The van der Waals surface area contributed by atoms with Crippen molar-refractivity contribution in [3.8, 4) is 5.75 Å². The third-order valence-electron chi connectivity index (χ3n) is 2.81. The number of benzene rings is 1. The number of urea groups is 1. The van der Waals surface area contributed by atoms with Crippen LogP contribution in [0.4, 0.5) is 4.79 Å². The molecule has 1 saturated heterocycles. The number of imide groups is 1. The van der Waals surface area contributed by atoms with E-state index in [0.29, 0.717) is 27.9 Å². The van der Waals surface area contributed by atoms with Crippen LogP contribution in [0.15, 0.2) is 17.8 Å². The van der Waals surface area contributed by atoms with Crippen molar-refractivity contribution in [2.75, 3.05) is 13.7 Å². The first kappa shape index (κ1) is 14.7. The minimum Gasteiger partial charge on any atom is -0.494 e. The summed E-state index contributed by atoms with van der Waals surface area (Å²) < 4.78 is 5.04. The number of hydrogen-bond donors (Lipinski definition) is 1. The second-order valence-corrected chi connectivity index (χ2v) is 4.87. The van der Waals surface area contributed by atoms with E-state index in [0.717, 1.165) is 4.90 Å². The van der Waals surface area contributed by atoms with Crippen molar-refractivity contribution in [2.24, 2.45) is 0 Å². The summed E-state index contributed by atoms with van der Waals surface area (Å²) in [7, 11) is 1.46. The van der Waals surface area contributed by atoms with Crippen LogP contribution in [0.1, 0.15) is 12.5 Å². The van der Waals surface area contributed by atoms with E-state index in [-0.39, 0.29) is 11.6 Å². The minimum absolute atomic E-state index is 0.189. The maximum atomic E-state index is 11.9. The van der Waals surface area contributed by atoms with Crippen molar-refractivity contribution in [3.63, 3.8) is 0 Å². The van der Waals surface area contributed by atoms with Crippen molar-refractivity contribution in [1.82, 2.24) is 10.2 Å². The van der Waals surface area contributed by atoms with Crippen LogP contribution in [-0.4, -0.2) is 30.5 Å². The van der Waals surface area contributed by atoms with Gasteiger partial charge >= 0.3 is 6.03 Å². The molecule has 5 nitrogen and oxygen atoms in total. The maximum Gasteiger partial charge on any atom is 0.328 e. The monoisotopic (exact) mass is 314 g/mol. The zero-order valence-corrected chi connectivity index (χ0v) is 12.4. The van der Waals surface area contributed by atoms with Gasteiger partial charge in [-0.15, -0.1) is 0 Å². The predicted octanol–water partition coefficient (Wildman–Crippen LogP) is 2.91. The Morgan fingerprint density at radius 3 is 2.35 bits per heavy atom. The molecular formula is C13H12Cl2N2O3. The van der Waals surface area contributed by atoms with Gasteiger partial charge in [-0.2, -0.15) is 0 Å². The standard InChI is InChI=1S/C13H12Cl2N2O3/c1-3-17-12(18)10(16-13(17)19)6-7-4-8(14)11(20-2)9(15)5-7/h4-6H,3H2,1-2H3,(H,16,19)/b10-6+. The average molecular weight is 315 g/mol. The Balaban J connectivity index is 2.37. The Kier molecular flexibility index (Phi) is 4.20. The van der Waals surface area contributed by atoms with Gasteiger partial charge in [0.2, 0.25) is 0 Å². The second-order valence-electron chi connectivity index (χ2n) is 4.06. The van der Waals surface area contributed by atoms with Crippen molar-refractivity contribution in [2.45, 2.75) is 6.92 Å². The Morgan fingerprint density at radius 1 is 1.30 bits per heavy atom. The van der Waals surface area contributed by atoms with E-state index < -0.39 is 6.03 Å². The maximum absolute atomic E-state index is 11.9. The SMILES string of the molecule is CCN1C(=O)N/C(=C/c2cc(Cl)c(OC)c(Cl)c2)C1=O. The quantitative estimate of drug-likeness (QED) is 0.689. The first-order valence-corrected chi connectivity index (χ1v) is 6.61. The van der Waals surface area contributed by atoms with E-state index in [9.17, 15) is 9.59 Å². The van der Waals surface area contributed by atoms with Gasteiger partial charge in [0.25, 0.3) is 5.91 Å². The van der Waals surface area contributed by atoms with Gasteiger partial charge in [0, 0.05) is 6.54 Å². The normalized spacial score (nSPS) is 16.8. The number of nitrogens with zero attached hydrogens (tertiary/aromatic N) is 1. The molecule has 0 aromatic heterocycles. The Hall–Kier alpha value is -1.72. The van der Waals surface area contributed by atoms with Gasteiger partial charge < -0.3 is 10.1 Å². The molecule has 0 saturated carbocycles. The molecule has 0 spiro atoms. The fourth-order valence-corrected chi connectivity index (χ4v) is 2.54. The van der Waals surface area contributed by atoms with Crippen molar-refractivity contribution < 1.29 is 14.3 Å². The summed E-state index contributed by atoms with van der Waals surface area (Å²) in [5, 5.41) is 3.16. The number of hydrogen-bond acceptors (Lipinski definition) is 3. The van der Waals surface area contributed by atoms with Gasteiger partial charge in [-0.05, 0) is 30.7 Å². The number of amides is 3. The highest BCUT2D eigenvalue weighted by Gasteiger charge is 2.32. The molecule has 1 heterocycles. The first-order chi connectivity index (χ1) is 9.47. The number of ether oxygens (including phenoxy) is 1. The number of rotatable bonds is 3. The third-order valence-corrected chi connectivity index (χ3v) is 3.38. The van der Waals surface area contributed by atoms with Gasteiger partial charge in [-0.3, -0.25) is 9.69 Å². The summed E-state index contributed by atoms with van der Waals surface area (Å²) in [6.45, 7) is 2.04. The molecule has 0 aliphatic carbocycles. The van der Waals surface area contributed by atoms with Crippen LogP contribution in [0.5, 0.6) is 5.75 Å². The van der Waals surface area contributed by atoms with E-state index in [4.69, 9.17) is 27.9 Å². The Labute approximate surface area is 126 Å². The van der Waals surface area contributed by atoms with E-state index in [2.05, 4.69) is 5.32 Å². The molecule has 1 fully saturated rings. The van der Waals surface area contributed by atoms with Crippen molar-refractivity contribution in [3.05, 3.63) is 33.4 Å². The Morgan fingerprint density at radius 2 is 1.90 bits per heavy atom. The number of likely N-dealkylation sites (N-methyl/N-ethyl adjacent to an activating group) is 1. The van der Waals surface area contributed by atoms with Crippen molar-refractivity contribution >= 4 is 41.2 Å². The van der Waals surface area contributed by atoms with Gasteiger partial charge in [0.05, 0.1) is 17.2 Å². The molecule has 3 amide bonds. The fraction of sp³-hybridized carbons (Fsp3) is 0.231. The molecule has 1 aromatic carbocycles. The lowest BCUT2D eigenvalue weighted by atomic mass is 10.2. The lowest BCUT2D eigenvalue weighted by Gasteiger charge is -2.07. The van der Waals surface area contributed by atoms with Crippen LogP contribution in [0.25, 0.3) is 6.08 Å². The number of carbonyl (C=O) groups excluding carboxylic acids is 2. The molecule has 1 aromatic rings. The lowest BCUT2D eigenvalue weighted by Crippen LogP contribution is -2.30. The molecule has 1 aliphatic heterocycles. The van der Waals surface area contributed by atoms with E-state index in [1.807, 2.05) is 0 Å². The van der Waals surface area contributed by atoms with Gasteiger partial charge in [0.1, 0.15) is 5.70 Å². The van der Waals surface area contributed by atoms with Crippen LogP contribution >= 0.6 is 23.2 Å². The zero-order chi connectivity index (χ0) is 14.9. The molecular weight excluding hydrogens is 303 g/mol. The summed E-state index contributed by atoms with van der Waals surface area (Å²) in [5.41, 5.74) is 0.788. The summed E-state index contributed by atoms with van der Waals surface area (Å²) in [5.74, 6) is -0.00647. The third kappa shape index (κ3) is 2.59. The van der Waals surface area contributed by atoms with Crippen LogP contribution in [0.2, 0.25) is 10.0 Å². The fourth-order valence-electron chi connectivity index (χ4n) is 1.88. The molecule has 1 N–H and O–H groups in total. The zero-order valence-electron chi connectivity index (χ0n) is 10.9. The molecule has 7 heteroatoms. The average Bonchev–Trinajstić information content (AvgIpc) is 2.63. The van der Waals surface area contributed by atoms with E-state index >= 15 is 0 Å². The first-order valence-electron chi connectivity index (χ1n) is 5.85. The van der Waals surface area contributed by atoms with Gasteiger partial charge in [-0.25, -0.2) is 4.79 Å². The topological polar surface area (TPSA) is 58.6 Å². The molecule has 0 unspecified atom stereocenters. The minimum atomic E-state index is -0.436. The number of carbonyl (C=O) groups is 2. The molecule has 20 heavy (non-hydrogen) atoms. The van der Waals surface area contributed by atoms with Crippen LogP contribution < -0.4 is 10.1 Å². The molecule has 0 bridgehead atoms. The molecule has 1 aliphatic rings. The highest BCUT2D eigenvalue weighted by atomic mass is 35.5. The largest absolute Gasteiger partial charge is 0.494 e. The van der Waals surface area contributed by atoms with Gasteiger partial charge in [-0.1, -0.05) is 23.2 Å².